The van der Waals surface area contributed by atoms with Gasteiger partial charge in [-0.25, -0.2) is 13.8 Å². The van der Waals surface area contributed by atoms with Crippen molar-refractivity contribution >= 4 is 28.2 Å². The van der Waals surface area contributed by atoms with Crippen LogP contribution in [0.25, 0.3) is 22.4 Å². The minimum Gasteiger partial charge on any atom is -0.444 e. The Morgan fingerprint density at radius 1 is 1.30 bits per heavy atom. The second-order valence-corrected chi connectivity index (χ2v) is 10.1. The van der Waals surface area contributed by atoms with Gasteiger partial charge in [-0.2, -0.15) is 5.10 Å². The summed E-state index contributed by atoms with van der Waals surface area (Å²) in [7, 11) is 0. The number of carbonyl (C=O) groups is 1. The molecule has 37 heavy (non-hydrogen) atoms. The molecule has 4 heterocycles. The van der Waals surface area contributed by atoms with Crippen LogP contribution in [-0.2, 0) is 6.54 Å². The third kappa shape index (κ3) is 5.61. The lowest BCUT2D eigenvalue weighted by molar-refractivity contribution is 0.0257. The maximum atomic E-state index is 14.1. The third-order valence-electron chi connectivity index (χ3n) is 6.26. The molecule has 4 aromatic rings. The summed E-state index contributed by atoms with van der Waals surface area (Å²) in [6.07, 6.45) is 4.91. The zero-order valence-corrected chi connectivity index (χ0v) is 20.8. The van der Waals surface area contributed by atoms with Crippen molar-refractivity contribution in [1.29, 1.82) is 0 Å². The summed E-state index contributed by atoms with van der Waals surface area (Å²) >= 11 is 0. The molecule has 0 aliphatic carbocycles. The van der Waals surface area contributed by atoms with Crippen LogP contribution in [0, 0.1) is 6.92 Å². The fraction of sp³-hybridized carbons (Fsp3) is 0.385. The van der Waals surface area contributed by atoms with Gasteiger partial charge in [0.1, 0.15) is 6.26 Å². The first kappa shape index (κ1) is 24.8. The molecule has 9 nitrogen and oxygen atoms in total. The third-order valence-corrected chi connectivity index (χ3v) is 6.26. The predicted molar refractivity (Wildman–Crippen MR) is 135 cm³/mol. The van der Waals surface area contributed by atoms with Gasteiger partial charge in [-0.3, -0.25) is 14.5 Å². The van der Waals surface area contributed by atoms with Gasteiger partial charge in [-0.15, -0.1) is 0 Å². The number of alkyl halides is 2. The SMILES string of the molecule is Cc1cc(-c2nc(C(=O)Nc3cc4cn(CCC(C)(C)O)nc4cc3N3CCC(F)(F)C3)co2)ccn1. The molecule has 0 unspecified atom stereocenters. The lowest BCUT2D eigenvalue weighted by atomic mass is 10.1. The Morgan fingerprint density at radius 2 is 2.11 bits per heavy atom. The van der Waals surface area contributed by atoms with Crippen LogP contribution in [0.15, 0.2) is 47.3 Å². The molecule has 1 aromatic carbocycles. The van der Waals surface area contributed by atoms with Crippen molar-refractivity contribution in [3.63, 3.8) is 0 Å². The topological polar surface area (TPSA) is 109 Å². The van der Waals surface area contributed by atoms with E-state index in [4.69, 9.17) is 4.42 Å². The zero-order chi connectivity index (χ0) is 26.4. The van der Waals surface area contributed by atoms with Crippen LogP contribution < -0.4 is 10.2 Å². The zero-order valence-electron chi connectivity index (χ0n) is 20.8. The van der Waals surface area contributed by atoms with E-state index in [1.807, 2.05) is 6.92 Å². The van der Waals surface area contributed by atoms with Gasteiger partial charge in [0.25, 0.3) is 11.8 Å². The van der Waals surface area contributed by atoms with Gasteiger partial charge >= 0.3 is 0 Å². The number of amides is 1. The Bertz CT molecular complexity index is 1460. The number of nitrogens with zero attached hydrogens (tertiary/aromatic N) is 5. The van der Waals surface area contributed by atoms with E-state index in [-0.39, 0.29) is 24.6 Å². The average molecular weight is 511 g/mol. The minimum absolute atomic E-state index is 0.0585. The number of oxazole rings is 1. The number of carbonyl (C=O) groups excluding carboxylic acids is 1. The average Bonchev–Trinajstić information content (AvgIpc) is 3.54. The molecule has 0 spiro atoms. The molecule has 194 valence electrons. The van der Waals surface area contributed by atoms with Crippen LogP contribution in [0.2, 0.25) is 0 Å². The Balaban J connectivity index is 1.45. The molecule has 2 N–H and O–H groups in total. The van der Waals surface area contributed by atoms with E-state index < -0.39 is 24.0 Å². The van der Waals surface area contributed by atoms with E-state index in [0.717, 1.165) is 11.1 Å². The quantitative estimate of drug-likeness (QED) is 0.372. The number of aromatic nitrogens is 4. The number of hydrogen-bond acceptors (Lipinski definition) is 7. The standard InChI is InChI=1S/C26H28F2N6O3/c1-16-10-17(4-7-29-16)24-31-21(14-37-24)23(35)30-20-11-18-13-34(9-5-25(2,3)36)32-19(18)12-22(20)33-8-6-26(27,28)15-33/h4,7,10-14,36H,5-6,8-9,15H2,1-3H3,(H,30,35). The summed E-state index contributed by atoms with van der Waals surface area (Å²) in [6.45, 7) is 5.47. The summed E-state index contributed by atoms with van der Waals surface area (Å²) in [4.78, 5) is 23.1. The van der Waals surface area contributed by atoms with Crippen LogP contribution in [0.4, 0.5) is 20.2 Å². The lowest BCUT2D eigenvalue weighted by Gasteiger charge is -2.22. The summed E-state index contributed by atoms with van der Waals surface area (Å²) in [6, 6.07) is 6.96. The molecule has 1 saturated heterocycles. The molecule has 0 atom stereocenters. The van der Waals surface area contributed by atoms with E-state index in [1.165, 1.54) is 6.26 Å². The molecule has 0 saturated carbocycles. The van der Waals surface area contributed by atoms with Gasteiger partial charge in [0.2, 0.25) is 5.89 Å². The van der Waals surface area contributed by atoms with Crippen LogP contribution in [-0.4, -0.2) is 55.4 Å². The first-order valence-electron chi connectivity index (χ1n) is 12.0. The number of benzene rings is 1. The van der Waals surface area contributed by atoms with Crippen molar-refractivity contribution < 1.29 is 23.1 Å². The minimum atomic E-state index is -2.81. The maximum Gasteiger partial charge on any atom is 0.277 e. The number of nitrogens with one attached hydrogen (secondary N) is 1. The Morgan fingerprint density at radius 3 is 2.81 bits per heavy atom. The molecule has 1 amide bonds. The number of hydrogen-bond donors (Lipinski definition) is 2. The molecular weight excluding hydrogens is 482 g/mol. The molecule has 11 heteroatoms. The van der Waals surface area contributed by atoms with Crippen LogP contribution >= 0.6 is 0 Å². The first-order valence-corrected chi connectivity index (χ1v) is 12.0. The van der Waals surface area contributed by atoms with Crippen molar-refractivity contribution in [3.05, 3.63) is 54.3 Å². The number of aryl methyl sites for hydroxylation is 2. The van der Waals surface area contributed by atoms with Crippen molar-refractivity contribution in [1.82, 2.24) is 19.7 Å². The highest BCUT2D eigenvalue weighted by atomic mass is 19.3. The molecule has 1 aliphatic rings. The molecule has 1 fully saturated rings. The Hall–Kier alpha value is -3.86. The van der Waals surface area contributed by atoms with Gasteiger partial charge in [0, 0.05) is 48.5 Å². The second kappa shape index (κ2) is 9.22. The smallest absolute Gasteiger partial charge is 0.277 e. The number of halogens is 2. The van der Waals surface area contributed by atoms with E-state index in [0.29, 0.717) is 35.4 Å². The number of aliphatic hydroxyl groups is 1. The van der Waals surface area contributed by atoms with Gasteiger partial charge < -0.3 is 19.7 Å². The fourth-order valence-corrected chi connectivity index (χ4v) is 4.29. The van der Waals surface area contributed by atoms with Crippen LogP contribution in [0.3, 0.4) is 0 Å². The van der Waals surface area contributed by atoms with Gasteiger partial charge in [-0.1, -0.05) is 0 Å². The van der Waals surface area contributed by atoms with Crippen molar-refractivity contribution in [2.24, 2.45) is 0 Å². The van der Waals surface area contributed by atoms with Crippen molar-refractivity contribution in [2.45, 2.75) is 51.7 Å². The molecule has 3 aromatic heterocycles. The number of rotatable bonds is 7. The highest BCUT2D eigenvalue weighted by Crippen LogP contribution is 2.37. The van der Waals surface area contributed by atoms with Crippen LogP contribution in [0.1, 0.15) is 42.9 Å². The highest BCUT2D eigenvalue weighted by Gasteiger charge is 2.39. The van der Waals surface area contributed by atoms with E-state index >= 15 is 0 Å². The van der Waals surface area contributed by atoms with E-state index in [9.17, 15) is 18.7 Å². The summed E-state index contributed by atoms with van der Waals surface area (Å²) < 4.78 is 35.3. The maximum absolute atomic E-state index is 14.1. The fourth-order valence-electron chi connectivity index (χ4n) is 4.29. The summed E-state index contributed by atoms with van der Waals surface area (Å²) in [5, 5.41) is 18.2. The number of pyridine rings is 1. The largest absolute Gasteiger partial charge is 0.444 e. The summed E-state index contributed by atoms with van der Waals surface area (Å²) in [5.41, 5.74) is 2.12. The molecule has 5 rings (SSSR count). The normalized spacial score (nSPS) is 15.5. The van der Waals surface area contributed by atoms with E-state index in [1.54, 1.807) is 60.1 Å². The number of fused-ring (bicyclic) bond motifs is 1. The molecule has 1 aliphatic heterocycles. The van der Waals surface area contributed by atoms with Gasteiger partial charge in [0.15, 0.2) is 5.69 Å². The van der Waals surface area contributed by atoms with Crippen molar-refractivity contribution in [3.8, 4) is 11.5 Å². The van der Waals surface area contributed by atoms with E-state index in [2.05, 4.69) is 20.4 Å². The Kier molecular flexibility index (Phi) is 6.18. The molecule has 0 bridgehead atoms. The van der Waals surface area contributed by atoms with Crippen molar-refractivity contribution in [2.75, 3.05) is 23.3 Å². The highest BCUT2D eigenvalue weighted by molar-refractivity contribution is 6.06. The summed E-state index contributed by atoms with van der Waals surface area (Å²) in [5.74, 6) is -3.06. The van der Waals surface area contributed by atoms with Gasteiger partial charge in [0.05, 0.1) is 29.0 Å². The first-order chi connectivity index (χ1) is 17.5. The lowest BCUT2D eigenvalue weighted by Crippen LogP contribution is -2.26. The molecular formula is C26H28F2N6O3. The predicted octanol–water partition coefficient (Wildman–Crippen LogP) is 4.65. The van der Waals surface area contributed by atoms with Gasteiger partial charge in [-0.05, 0) is 51.5 Å². The molecule has 0 radical (unpaired) electrons. The Labute approximate surface area is 212 Å². The van der Waals surface area contributed by atoms with Crippen LogP contribution in [0.5, 0.6) is 0 Å². The second-order valence-electron chi connectivity index (χ2n) is 10.1. The monoisotopic (exact) mass is 510 g/mol. The number of anilines is 2.